The summed E-state index contributed by atoms with van der Waals surface area (Å²) in [6.45, 7) is 1.96. The summed E-state index contributed by atoms with van der Waals surface area (Å²) in [6, 6.07) is 15.0. The van der Waals surface area contributed by atoms with Crippen LogP contribution < -0.4 is 10.6 Å². The number of aliphatic carboxylic acids is 1. The van der Waals surface area contributed by atoms with Crippen LogP contribution in [0, 0.1) is 5.92 Å². The van der Waals surface area contributed by atoms with Crippen molar-refractivity contribution in [3.05, 3.63) is 59.7 Å². The van der Waals surface area contributed by atoms with Crippen LogP contribution >= 0.6 is 0 Å². The van der Waals surface area contributed by atoms with E-state index >= 15 is 0 Å². The van der Waals surface area contributed by atoms with Gasteiger partial charge in [-0.05, 0) is 41.5 Å². The zero-order valence-corrected chi connectivity index (χ0v) is 18.8. The molecule has 0 spiro atoms. The van der Waals surface area contributed by atoms with Crippen LogP contribution in [0.15, 0.2) is 48.5 Å². The Bertz CT molecular complexity index is 991. The molecule has 3 atom stereocenters. The van der Waals surface area contributed by atoms with Gasteiger partial charge in [-0.15, -0.1) is 0 Å². The number of amides is 2. The summed E-state index contributed by atoms with van der Waals surface area (Å²) >= 11 is 0. The number of hydrogen-bond acceptors (Lipinski definition) is 4. The summed E-state index contributed by atoms with van der Waals surface area (Å²) in [6.07, 6.45) is 2.63. The third-order valence-electron chi connectivity index (χ3n) is 6.77. The Balaban J connectivity index is 1.36. The second-order valence-corrected chi connectivity index (χ2v) is 8.77. The van der Waals surface area contributed by atoms with E-state index in [2.05, 4.69) is 22.8 Å². The van der Waals surface area contributed by atoms with Crippen molar-refractivity contribution in [2.24, 2.45) is 5.92 Å². The molecule has 7 heteroatoms. The Morgan fingerprint density at radius 2 is 1.61 bits per heavy atom. The van der Waals surface area contributed by atoms with E-state index in [1.54, 1.807) is 6.92 Å². The molecule has 2 aromatic carbocycles. The molecule has 2 aromatic rings. The molecule has 0 aliphatic heterocycles. The summed E-state index contributed by atoms with van der Waals surface area (Å²) in [4.78, 5) is 36.8. The van der Waals surface area contributed by atoms with E-state index in [0.29, 0.717) is 19.3 Å². The smallest absolute Gasteiger partial charge is 0.407 e. The van der Waals surface area contributed by atoms with E-state index in [4.69, 9.17) is 4.74 Å². The van der Waals surface area contributed by atoms with Gasteiger partial charge in [0.25, 0.3) is 0 Å². The van der Waals surface area contributed by atoms with Crippen molar-refractivity contribution in [3.8, 4) is 11.1 Å². The van der Waals surface area contributed by atoms with Crippen LogP contribution in [0.4, 0.5) is 4.79 Å². The van der Waals surface area contributed by atoms with Crippen LogP contribution in [-0.4, -0.2) is 41.8 Å². The Morgan fingerprint density at radius 3 is 2.21 bits per heavy atom. The molecule has 1 saturated carbocycles. The van der Waals surface area contributed by atoms with Crippen molar-refractivity contribution in [1.82, 2.24) is 10.6 Å². The summed E-state index contributed by atoms with van der Waals surface area (Å²) in [5.41, 5.74) is 4.53. The van der Waals surface area contributed by atoms with Gasteiger partial charge in [0.1, 0.15) is 12.6 Å². The summed E-state index contributed by atoms with van der Waals surface area (Å²) < 4.78 is 5.55. The maximum atomic E-state index is 12.8. The highest BCUT2D eigenvalue weighted by atomic mass is 16.5. The second kappa shape index (κ2) is 10.1. The van der Waals surface area contributed by atoms with Gasteiger partial charge in [0, 0.05) is 12.0 Å². The summed E-state index contributed by atoms with van der Waals surface area (Å²) in [7, 11) is 0. The molecule has 0 heterocycles. The number of carbonyl (C=O) groups is 3. The van der Waals surface area contributed by atoms with E-state index in [0.717, 1.165) is 35.1 Å². The minimum Gasteiger partial charge on any atom is -0.481 e. The molecule has 4 rings (SSSR count). The highest BCUT2D eigenvalue weighted by Gasteiger charge is 2.34. The lowest BCUT2D eigenvalue weighted by Crippen LogP contribution is -2.53. The average Bonchev–Trinajstić information content (AvgIpc) is 3.15. The van der Waals surface area contributed by atoms with Crippen LogP contribution in [0.5, 0.6) is 0 Å². The molecule has 7 nitrogen and oxygen atoms in total. The van der Waals surface area contributed by atoms with Gasteiger partial charge >= 0.3 is 12.1 Å². The minimum absolute atomic E-state index is 0.0596. The van der Waals surface area contributed by atoms with Crippen LogP contribution in [0.25, 0.3) is 11.1 Å². The van der Waals surface area contributed by atoms with Gasteiger partial charge in [0.2, 0.25) is 5.91 Å². The maximum Gasteiger partial charge on any atom is 0.407 e. The van der Waals surface area contributed by atoms with Crippen LogP contribution in [0.1, 0.15) is 56.1 Å². The molecule has 0 bridgehead atoms. The average molecular weight is 451 g/mol. The van der Waals surface area contributed by atoms with Crippen molar-refractivity contribution in [3.63, 3.8) is 0 Å². The van der Waals surface area contributed by atoms with Crippen LogP contribution in [-0.2, 0) is 14.3 Å². The molecule has 2 aliphatic rings. The molecule has 0 saturated heterocycles. The van der Waals surface area contributed by atoms with Crippen molar-refractivity contribution < 1.29 is 24.2 Å². The second-order valence-electron chi connectivity index (χ2n) is 8.77. The topological polar surface area (TPSA) is 105 Å². The molecule has 1 unspecified atom stereocenters. The number of fused-ring (bicyclic) bond motifs is 3. The predicted molar refractivity (Wildman–Crippen MR) is 124 cm³/mol. The van der Waals surface area contributed by atoms with Gasteiger partial charge in [0.05, 0.1) is 5.92 Å². The molecule has 2 aliphatic carbocycles. The van der Waals surface area contributed by atoms with E-state index in [1.165, 1.54) is 0 Å². The maximum absolute atomic E-state index is 12.8. The number of carboxylic acid groups (broad SMARTS) is 1. The van der Waals surface area contributed by atoms with E-state index in [1.807, 2.05) is 36.4 Å². The SMILES string of the molecule is CCC(NC(=O)OCC1c2ccccc2-c2ccccc21)C(=O)N[C@H]1CCCC[C@H]1C(=O)O. The highest BCUT2D eigenvalue weighted by molar-refractivity contribution is 5.86. The van der Waals surface area contributed by atoms with Crippen LogP contribution in [0.2, 0.25) is 0 Å². The fraction of sp³-hybridized carbons (Fsp3) is 0.423. The number of carbonyl (C=O) groups excluding carboxylic acids is 2. The predicted octanol–water partition coefficient (Wildman–Crippen LogP) is 4.06. The van der Waals surface area contributed by atoms with Crippen molar-refractivity contribution in [1.29, 1.82) is 0 Å². The monoisotopic (exact) mass is 450 g/mol. The Kier molecular flexibility index (Phi) is 6.96. The fourth-order valence-electron chi connectivity index (χ4n) is 5.02. The third-order valence-corrected chi connectivity index (χ3v) is 6.77. The zero-order valence-electron chi connectivity index (χ0n) is 18.8. The summed E-state index contributed by atoms with van der Waals surface area (Å²) in [5.74, 6) is -1.91. The Labute approximate surface area is 193 Å². The summed E-state index contributed by atoms with van der Waals surface area (Å²) in [5, 5.41) is 14.9. The Morgan fingerprint density at radius 1 is 1.00 bits per heavy atom. The van der Waals surface area contributed by atoms with Crippen molar-refractivity contribution in [2.45, 2.75) is 57.0 Å². The van der Waals surface area contributed by atoms with E-state index < -0.39 is 30.1 Å². The molecule has 174 valence electrons. The fourth-order valence-corrected chi connectivity index (χ4v) is 5.02. The van der Waals surface area contributed by atoms with Gasteiger partial charge in [-0.25, -0.2) is 4.79 Å². The molecular formula is C26H30N2O5. The first-order valence-electron chi connectivity index (χ1n) is 11.6. The van der Waals surface area contributed by atoms with Crippen molar-refractivity contribution >= 4 is 18.0 Å². The lowest BCUT2D eigenvalue weighted by Gasteiger charge is -2.30. The van der Waals surface area contributed by atoms with Crippen LogP contribution in [0.3, 0.4) is 0 Å². The number of alkyl carbamates (subject to hydrolysis) is 1. The zero-order chi connectivity index (χ0) is 23.4. The van der Waals surface area contributed by atoms with E-state index in [9.17, 15) is 19.5 Å². The number of carboxylic acids is 1. The van der Waals surface area contributed by atoms with Gasteiger partial charge in [-0.3, -0.25) is 9.59 Å². The number of hydrogen-bond donors (Lipinski definition) is 3. The first kappa shape index (κ1) is 22.8. The highest BCUT2D eigenvalue weighted by Crippen LogP contribution is 2.44. The van der Waals surface area contributed by atoms with Gasteiger partial charge in [0.15, 0.2) is 0 Å². The molecule has 0 radical (unpaired) electrons. The standard InChI is InChI=1S/C26H30N2O5/c1-2-22(24(29)27-23-14-8-7-13-20(23)25(30)31)28-26(32)33-15-21-18-11-5-3-9-16(18)17-10-4-6-12-19(17)21/h3-6,9-12,20-23H,2,7-8,13-15H2,1H3,(H,27,29)(H,28,32)(H,30,31)/t20-,22?,23+/m1/s1. The Hall–Kier alpha value is -3.35. The number of nitrogens with one attached hydrogen (secondary N) is 2. The normalized spacial score (nSPS) is 20.3. The molecular weight excluding hydrogens is 420 g/mol. The molecule has 1 fully saturated rings. The lowest BCUT2D eigenvalue weighted by atomic mass is 9.84. The lowest BCUT2D eigenvalue weighted by molar-refractivity contribution is -0.144. The van der Waals surface area contributed by atoms with Gasteiger partial charge < -0.3 is 20.5 Å². The van der Waals surface area contributed by atoms with Crippen molar-refractivity contribution in [2.75, 3.05) is 6.61 Å². The largest absolute Gasteiger partial charge is 0.481 e. The van der Waals surface area contributed by atoms with Gasteiger partial charge in [-0.1, -0.05) is 68.3 Å². The minimum atomic E-state index is -0.891. The number of benzene rings is 2. The first-order chi connectivity index (χ1) is 16.0. The number of ether oxygens (including phenoxy) is 1. The third kappa shape index (κ3) is 4.87. The molecule has 0 aromatic heterocycles. The first-order valence-corrected chi connectivity index (χ1v) is 11.6. The number of rotatable bonds is 7. The van der Waals surface area contributed by atoms with E-state index in [-0.39, 0.29) is 18.4 Å². The molecule has 33 heavy (non-hydrogen) atoms. The quantitative estimate of drug-likeness (QED) is 0.590. The molecule has 3 N–H and O–H groups in total. The molecule has 2 amide bonds. The van der Waals surface area contributed by atoms with Gasteiger partial charge in [-0.2, -0.15) is 0 Å².